The minimum absolute atomic E-state index is 0.121. The molecule has 0 aromatic rings. The van der Waals surface area contributed by atoms with Crippen LogP contribution in [0, 0.1) is 10.8 Å². The molecule has 19 heavy (non-hydrogen) atoms. The zero-order valence-corrected chi connectivity index (χ0v) is 12.1. The highest BCUT2D eigenvalue weighted by atomic mass is 16.7. The predicted molar refractivity (Wildman–Crippen MR) is 67.2 cm³/mol. The van der Waals surface area contributed by atoms with Gasteiger partial charge in [0.05, 0.1) is 10.8 Å². The first-order valence-electron chi connectivity index (χ1n) is 6.03. The number of hydrogen-bond acceptors (Lipinski definition) is 5. The van der Waals surface area contributed by atoms with E-state index in [1.54, 1.807) is 34.6 Å². The van der Waals surface area contributed by atoms with Gasteiger partial charge in [-0.25, -0.2) is 0 Å². The first kappa shape index (κ1) is 17.4. The molecule has 0 atom stereocenters. The van der Waals surface area contributed by atoms with E-state index in [0.717, 1.165) is 0 Å². The van der Waals surface area contributed by atoms with E-state index >= 15 is 0 Å². The van der Waals surface area contributed by atoms with Crippen LogP contribution in [0.3, 0.4) is 0 Å². The second kappa shape index (κ2) is 6.54. The lowest BCUT2D eigenvalue weighted by Gasteiger charge is -2.22. The summed E-state index contributed by atoms with van der Waals surface area (Å²) in [5.41, 5.74) is -1.59. The van der Waals surface area contributed by atoms with Crippen molar-refractivity contribution in [1.29, 1.82) is 0 Å². The van der Waals surface area contributed by atoms with Crippen molar-refractivity contribution in [3.63, 3.8) is 0 Å². The largest absolute Gasteiger partial charge is 0.481 e. The quantitative estimate of drug-likeness (QED) is 0.588. The normalized spacial score (nSPS) is 11.8. The number of carboxylic acid groups (broad SMARTS) is 1. The fourth-order valence-corrected chi connectivity index (χ4v) is 1.07. The number of rotatable bonds is 6. The van der Waals surface area contributed by atoms with Gasteiger partial charge in [-0.1, -0.05) is 0 Å². The third-order valence-electron chi connectivity index (χ3n) is 2.51. The van der Waals surface area contributed by atoms with Crippen LogP contribution in [0.2, 0.25) is 0 Å². The minimum Gasteiger partial charge on any atom is -0.481 e. The van der Waals surface area contributed by atoms with Crippen molar-refractivity contribution in [1.82, 2.24) is 0 Å². The molecule has 0 bridgehead atoms. The van der Waals surface area contributed by atoms with Crippen molar-refractivity contribution in [3.8, 4) is 0 Å². The van der Waals surface area contributed by atoms with Gasteiger partial charge in [0, 0.05) is 6.42 Å². The molecule has 110 valence electrons. The lowest BCUT2D eigenvalue weighted by Crippen LogP contribution is -2.30. The average molecular weight is 274 g/mol. The summed E-state index contributed by atoms with van der Waals surface area (Å²) < 4.78 is 9.63. The number of esters is 2. The van der Waals surface area contributed by atoms with Crippen molar-refractivity contribution in [2.45, 2.75) is 47.5 Å². The molecule has 0 aliphatic heterocycles. The van der Waals surface area contributed by atoms with Crippen LogP contribution in [0.4, 0.5) is 0 Å². The summed E-state index contributed by atoms with van der Waals surface area (Å²) in [6.45, 7) is 7.79. The molecule has 0 radical (unpaired) electrons. The van der Waals surface area contributed by atoms with Crippen molar-refractivity contribution >= 4 is 17.9 Å². The Morgan fingerprint density at radius 3 is 1.84 bits per heavy atom. The molecule has 0 saturated carbocycles. The lowest BCUT2D eigenvalue weighted by molar-refractivity contribution is -0.178. The molecule has 0 aliphatic rings. The number of carboxylic acids is 1. The SMILES string of the molecule is CC(C)(C)C(=O)OCOC(=O)C(C)(C)CCC(=O)O. The molecule has 0 aliphatic carbocycles. The molecule has 0 rings (SSSR count). The molecular formula is C13H22O6. The summed E-state index contributed by atoms with van der Waals surface area (Å²) >= 11 is 0. The first-order chi connectivity index (χ1) is 8.47. The summed E-state index contributed by atoms with van der Waals surface area (Å²) in [5.74, 6) is -2.03. The van der Waals surface area contributed by atoms with Crippen molar-refractivity contribution in [2.75, 3.05) is 6.79 Å². The van der Waals surface area contributed by atoms with Crippen LogP contribution in [0.25, 0.3) is 0 Å². The Bertz CT molecular complexity index is 351. The molecule has 0 unspecified atom stereocenters. The molecule has 6 nitrogen and oxygen atoms in total. The summed E-state index contributed by atoms with van der Waals surface area (Å²) in [6.07, 6.45) is 0.0399. The zero-order valence-electron chi connectivity index (χ0n) is 12.1. The summed E-state index contributed by atoms with van der Waals surface area (Å²) in [5, 5.41) is 8.58. The van der Waals surface area contributed by atoms with Gasteiger partial charge in [-0.2, -0.15) is 0 Å². The number of hydrogen-bond donors (Lipinski definition) is 1. The third-order valence-corrected chi connectivity index (χ3v) is 2.51. The van der Waals surface area contributed by atoms with Gasteiger partial charge in [-0.05, 0) is 41.0 Å². The molecule has 0 spiro atoms. The maximum Gasteiger partial charge on any atom is 0.314 e. The van der Waals surface area contributed by atoms with E-state index in [1.807, 2.05) is 0 Å². The Balaban J connectivity index is 4.17. The summed E-state index contributed by atoms with van der Waals surface area (Å²) in [4.78, 5) is 33.6. The first-order valence-corrected chi connectivity index (χ1v) is 6.03. The van der Waals surface area contributed by atoms with Crippen LogP contribution in [-0.4, -0.2) is 29.8 Å². The third kappa shape index (κ3) is 6.79. The van der Waals surface area contributed by atoms with E-state index in [1.165, 1.54) is 0 Å². The number of carbonyl (C=O) groups excluding carboxylic acids is 2. The smallest absolute Gasteiger partial charge is 0.314 e. The Morgan fingerprint density at radius 1 is 0.947 bits per heavy atom. The Kier molecular flexibility index (Phi) is 5.99. The zero-order chi connectivity index (χ0) is 15.3. The maximum atomic E-state index is 11.7. The molecule has 6 heteroatoms. The van der Waals surface area contributed by atoms with Gasteiger partial charge >= 0.3 is 17.9 Å². The molecule has 0 aromatic carbocycles. The van der Waals surface area contributed by atoms with Gasteiger partial charge in [-0.3, -0.25) is 14.4 Å². The van der Waals surface area contributed by atoms with Gasteiger partial charge in [0.25, 0.3) is 0 Å². The van der Waals surface area contributed by atoms with E-state index in [9.17, 15) is 14.4 Å². The molecule has 1 N–H and O–H groups in total. The maximum absolute atomic E-state index is 11.7. The van der Waals surface area contributed by atoms with Gasteiger partial charge in [0.15, 0.2) is 0 Å². The van der Waals surface area contributed by atoms with Crippen molar-refractivity contribution in [3.05, 3.63) is 0 Å². The van der Waals surface area contributed by atoms with E-state index < -0.39 is 35.5 Å². The van der Waals surface area contributed by atoms with Crippen LogP contribution in [0.1, 0.15) is 47.5 Å². The number of carbonyl (C=O) groups is 3. The van der Waals surface area contributed by atoms with Crippen molar-refractivity contribution < 1.29 is 29.0 Å². The van der Waals surface area contributed by atoms with Gasteiger partial charge in [0.1, 0.15) is 0 Å². The van der Waals surface area contributed by atoms with Gasteiger partial charge < -0.3 is 14.6 Å². The van der Waals surface area contributed by atoms with Crippen LogP contribution in [0.15, 0.2) is 0 Å². The minimum atomic E-state index is -0.972. The van der Waals surface area contributed by atoms with Gasteiger partial charge in [-0.15, -0.1) is 0 Å². The second-order valence-corrected chi connectivity index (χ2v) is 6.01. The van der Waals surface area contributed by atoms with E-state index in [4.69, 9.17) is 14.6 Å². The van der Waals surface area contributed by atoms with Gasteiger partial charge in [0.2, 0.25) is 6.79 Å². The molecular weight excluding hydrogens is 252 g/mol. The van der Waals surface area contributed by atoms with Crippen LogP contribution >= 0.6 is 0 Å². The van der Waals surface area contributed by atoms with Crippen LogP contribution in [-0.2, 0) is 23.9 Å². The van der Waals surface area contributed by atoms with E-state index in [0.29, 0.717) is 0 Å². The summed E-state index contributed by atoms with van der Waals surface area (Å²) in [6, 6.07) is 0. The molecule has 0 fully saturated rings. The van der Waals surface area contributed by atoms with E-state index in [2.05, 4.69) is 0 Å². The lowest BCUT2D eigenvalue weighted by atomic mass is 9.88. The molecule has 0 amide bonds. The fourth-order valence-electron chi connectivity index (χ4n) is 1.07. The van der Waals surface area contributed by atoms with Crippen molar-refractivity contribution in [2.24, 2.45) is 10.8 Å². The Morgan fingerprint density at radius 2 is 1.42 bits per heavy atom. The van der Waals surface area contributed by atoms with Crippen LogP contribution < -0.4 is 0 Å². The Labute approximate surface area is 113 Å². The molecule has 0 saturated heterocycles. The topological polar surface area (TPSA) is 89.9 Å². The molecule has 0 aromatic heterocycles. The standard InChI is InChI=1S/C13H22O6/c1-12(2,3)10(16)18-8-19-11(17)13(4,5)7-6-9(14)15/h6-8H2,1-5H3,(H,14,15). The predicted octanol–water partition coefficient (Wildman–Crippen LogP) is 1.97. The fraction of sp³-hybridized carbons (Fsp3) is 0.769. The highest BCUT2D eigenvalue weighted by molar-refractivity contribution is 5.78. The van der Waals surface area contributed by atoms with E-state index in [-0.39, 0.29) is 12.8 Å². The second-order valence-electron chi connectivity index (χ2n) is 6.01. The number of ether oxygens (including phenoxy) is 2. The average Bonchev–Trinajstić information content (AvgIpc) is 2.24. The monoisotopic (exact) mass is 274 g/mol. The van der Waals surface area contributed by atoms with Crippen LogP contribution in [0.5, 0.6) is 0 Å². The Hall–Kier alpha value is -1.59. The highest BCUT2D eigenvalue weighted by Gasteiger charge is 2.30. The number of aliphatic carboxylic acids is 1. The molecule has 0 heterocycles. The highest BCUT2D eigenvalue weighted by Crippen LogP contribution is 2.24. The summed E-state index contributed by atoms with van der Waals surface area (Å²) in [7, 11) is 0.